The summed E-state index contributed by atoms with van der Waals surface area (Å²) in [7, 11) is 0. The van der Waals surface area contributed by atoms with Gasteiger partial charge in [-0.3, -0.25) is 0 Å². The van der Waals surface area contributed by atoms with Crippen molar-refractivity contribution in [1.82, 2.24) is 5.32 Å². The molecule has 1 fully saturated rings. The van der Waals surface area contributed by atoms with E-state index >= 15 is 0 Å². The van der Waals surface area contributed by atoms with Crippen molar-refractivity contribution in [1.29, 1.82) is 0 Å². The fourth-order valence-electron chi connectivity index (χ4n) is 1.71. The Morgan fingerprint density at radius 3 is 2.86 bits per heavy atom. The molecule has 78 valence electrons. The zero-order chi connectivity index (χ0) is 9.97. The van der Waals surface area contributed by atoms with E-state index in [1.54, 1.807) is 0 Å². The molecule has 1 saturated carbocycles. The third-order valence-electron chi connectivity index (χ3n) is 2.61. The summed E-state index contributed by atoms with van der Waals surface area (Å²) in [5.74, 6) is 0. The van der Waals surface area contributed by atoms with E-state index in [0.717, 1.165) is 25.8 Å². The topological polar surface area (TPSA) is 38.0 Å². The molecule has 2 nitrogen and oxygen atoms in total. The summed E-state index contributed by atoms with van der Waals surface area (Å²) in [5.41, 5.74) is 5.71. The van der Waals surface area contributed by atoms with Crippen LogP contribution in [0, 0.1) is 0 Å². The summed E-state index contributed by atoms with van der Waals surface area (Å²) < 4.78 is 1.22. The molecule has 0 radical (unpaired) electrons. The van der Waals surface area contributed by atoms with Crippen LogP contribution in [0.4, 0.5) is 0 Å². The summed E-state index contributed by atoms with van der Waals surface area (Å²) in [6.45, 7) is 1.07. The van der Waals surface area contributed by atoms with Gasteiger partial charge in [0.25, 0.3) is 0 Å². The van der Waals surface area contributed by atoms with Crippen molar-refractivity contribution in [3.8, 4) is 0 Å². The molecule has 1 heterocycles. The lowest BCUT2D eigenvalue weighted by molar-refractivity contribution is 0.294. The first-order valence-electron chi connectivity index (χ1n) is 4.97. The van der Waals surface area contributed by atoms with E-state index in [4.69, 9.17) is 5.73 Å². The van der Waals surface area contributed by atoms with Gasteiger partial charge in [-0.1, -0.05) is 0 Å². The summed E-state index contributed by atoms with van der Waals surface area (Å²) in [4.78, 5) is 1.44. The molecule has 0 aromatic carbocycles. The maximum Gasteiger partial charge on any atom is 0.0701 e. The molecule has 0 unspecified atom stereocenters. The minimum Gasteiger partial charge on any atom is -0.328 e. The van der Waals surface area contributed by atoms with Gasteiger partial charge < -0.3 is 11.1 Å². The highest BCUT2D eigenvalue weighted by molar-refractivity contribution is 9.11. The Bertz CT molecular complexity index is 294. The van der Waals surface area contributed by atoms with Crippen LogP contribution in [0.25, 0.3) is 0 Å². The highest BCUT2D eigenvalue weighted by atomic mass is 79.9. The Morgan fingerprint density at radius 1 is 1.50 bits per heavy atom. The van der Waals surface area contributed by atoms with Gasteiger partial charge in [0.15, 0.2) is 0 Å². The van der Waals surface area contributed by atoms with E-state index in [1.807, 2.05) is 11.3 Å². The molecule has 0 bridgehead atoms. The fraction of sp³-hybridized carbons (Fsp3) is 0.600. The number of thiophene rings is 1. The predicted molar refractivity (Wildman–Crippen MR) is 64.7 cm³/mol. The average Bonchev–Trinajstić information content (AvgIpc) is 2.48. The number of nitrogens with one attached hydrogen (secondary N) is 1. The second-order valence-electron chi connectivity index (χ2n) is 3.84. The lowest BCUT2D eigenvalue weighted by atomic mass is 9.88. The van der Waals surface area contributed by atoms with Crippen molar-refractivity contribution >= 4 is 27.3 Å². The van der Waals surface area contributed by atoms with Crippen molar-refractivity contribution in [3.05, 3.63) is 20.8 Å². The van der Waals surface area contributed by atoms with Crippen molar-refractivity contribution in [2.24, 2.45) is 5.73 Å². The molecule has 3 N–H and O–H groups in total. The van der Waals surface area contributed by atoms with Crippen molar-refractivity contribution in [3.63, 3.8) is 0 Å². The summed E-state index contributed by atoms with van der Waals surface area (Å²) in [6, 6.07) is 5.42. The van der Waals surface area contributed by atoms with E-state index in [9.17, 15) is 0 Å². The van der Waals surface area contributed by atoms with Crippen LogP contribution in [0.1, 0.15) is 17.7 Å². The van der Waals surface area contributed by atoms with Crippen LogP contribution in [0.5, 0.6) is 0 Å². The number of halogens is 1. The van der Waals surface area contributed by atoms with Gasteiger partial charge >= 0.3 is 0 Å². The number of nitrogens with two attached hydrogens (primary N) is 1. The molecule has 1 aromatic heterocycles. The summed E-state index contributed by atoms with van der Waals surface area (Å²) in [5, 5.41) is 3.52. The van der Waals surface area contributed by atoms with Crippen LogP contribution in [0.3, 0.4) is 0 Å². The van der Waals surface area contributed by atoms with Crippen LogP contribution in [-0.2, 0) is 6.42 Å². The normalized spacial score (nSPS) is 26.1. The van der Waals surface area contributed by atoms with Gasteiger partial charge in [0, 0.05) is 23.5 Å². The molecule has 1 aromatic rings. The molecule has 4 heteroatoms. The van der Waals surface area contributed by atoms with Crippen LogP contribution >= 0.6 is 27.3 Å². The lowest BCUT2D eigenvalue weighted by Gasteiger charge is -2.33. The quantitative estimate of drug-likeness (QED) is 0.883. The van der Waals surface area contributed by atoms with E-state index in [-0.39, 0.29) is 0 Å². The lowest BCUT2D eigenvalue weighted by Crippen LogP contribution is -2.48. The molecule has 0 amide bonds. The van der Waals surface area contributed by atoms with Crippen LogP contribution in [0.2, 0.25) is 0 Å². The Morgan fingerprint density at radius 2 is 2.29 bits per heavy atom. The van der Waals surface area contributed by atoms with Gasteiger partial charge in [0.2, 0.25) is 0 Å². The van der Waals surface area contributed by atoms with Crippen LogP contribution in [-0.4, -0.2) is 18.6 Å². The second-order valence-corrected chi connectivity index (χ2v) is 6.39. The van der Waals surface area contributed by atoms with Gasteiger partial charge in [-0.25, -0.2) is 0 Å². The van der Waals surface area contributed by atoms with Gasteiger partial charge in [0.1, 0.15) is 0 Å². The van der Waals surface area contributed by atoms with Crippen molar-refractivity contribution in [2.45, 2.75) is 31.3 Å². The Labute approximate surface area is 97.0 Å². The molecule has 0 saturated heterocycles. The Kier molecular flexibility index (Phi) is 3.60. The first-order valence-corrected chi connectivity index (χ1v) is 6.58. The molecule has 14 heavy (non-hydrogen) atoms. The van der Waals surface area contributed by atoms with Crippen molar-refractivity contribution in [2.75, 3.05) is 6.54 Å². The number of hydrogen-bond donors (Lipinski definition) is 2. The molecule has 2 rings (SSSR count). The largest absolute Gasteiger partial charge is 0.328 e. The van der Waals surface area contributed by atoms with Gasteiger partial charge in [0.05, 0.1) is 3.79 Å². The highest BCUT2D eigenvalue weighted by Gasteiger charge is 2.24. The summed E-state index contributed by atoms with van der Waals surface area (Å²) >= 11 is 5.28. The molecule has 1 aliphatic carbocycles. The van der Waals surface area contributed by atoms with Crippen LogP contribution in [0.15, 0.2) is 15.9 Å². The van der Waals surface area contributed by atoms with Gasteiger partial charge in [-0.2, -0.15) is 0 Å². The fourth-order valence-corrected chi connectivity index (χ4v) is 3.20. The second kappa shape index (κ2) is 4.75. The number of rotatable bonds is 4. The minimum absolute atomic E-state index is 0.448. The summed E-state index contributed by atoms with van der Waals surface area (Å²) in [6.07, 6.45) is 3.42. The monoisotopic (exact) mass is 274 g/mol. The Balaban J connectivity index is 1.63. The third kappa shape index (κ3) is 2.79. The average molecular weight is 275 g/mol. The molecule has 0 atom stereocenters. The van der Waals surface area contributed by atoms with Gasteiger partial charge in [-0.15, -0.1) is 11.3 Å². The zero-order valence-electron chi connectivity index (χ0n) is 8.00. The number of hydrogen-bond acceptors (Lipinski definition) is 3. The van der Waals surface area contributed by atoms with Crippen LogP contribution < -0.4 is 11.1 Å². The SMILES string of the molecule is NC1CC(NCCc2ccc(Br)s2)C1. The standard InChI is InChI=1S/C10H15BrN2S/c11-10-2-1-9(14-10)3-4-13-8-5-7(12)6-8/h1-2,7-8,13H,3-6,12H2. The maximum absolute atomic E-state index is 5.71. The predicted octanol–water partition coefficient (Wildman–Crippen LogP) is 2.13. The van der Waals surface area contributed by atoms with E-state index in [0.29, 0.717) is 12.1 Å². The highest BCUT2D eigenvalue weighted by Crippen LogP contribution is 2.22. The molecular weight excluding hydrogens is 260 g/mol. The van der Waals surface area contributed by atoms with Gasteiger partial charge in [-0.05, 0) is 47.3 Å². The van der Waals surface area contributed by atoms with E-state index in [2.05, 4.69) is 33.4 Å². The van der Waals surface area contributed by atoms with E-state index < -0.39 is 0 Å². The third-order valence-corrected chi connectivity index (χ3v) is 4.29. The first kappa shape index (κ1) is 10.6. The Hall–Kier alpha value is 0.1000. The van der Waals surface area contributed by atoms with E-state index in [1.165, 1.54) is 8.66 Å². The molecule has 1 aliphatic rings. The smallest absolute Gasteiger partial charge is 0.0701 e. The zero-order valence-corrected chi connectivity index (χ0v) is 10.4. The molecular formula is C10H15BrN2S. The molecule has 0 aliphatic heterocycles. The first-order chi connectivity index (χ1) is 6.74. The van der Waals surface area contributed by atoms with Crippen molar-refractivity contribution < 1.29 is 0 Å². The molecule has 0 spiro atoms. The minimum atomic E-state index is 0.448. The maximum atomic E-state index is 5.71.